The van der Waals surface area contributed by atoms with E-state index < -0.39 is 0 Å². The molecule has 2 heteroatoms. The highest BCUT2D eigenvalue weighted by molar-refractivity contribution is 7.26. The summed E-state index contributed by atoms with van der Waals surface area (Å²) in [6.45, 7) is 4.77. The van der Waals surface area contributed by atoms with Gasteiger partial charge in [0, 0.05) is 37.0 Å². The van der Waals surface area contributed by atoms with E-state index in [1.165, 1.54) is 91.9 Å². The van der Waals surface area contributed by atoms with E-state index in [9.17, 15) is 0 Å². The van der Waals surface area contributed by atoms with Crippen LogP contribution in [0.2, 0.25) is 0 Å². The summed E-state index contributed by atoms with van der Waals surface area (Å²) in [6, 6.07) is 69.5. The Balaban J connectivity index is 1.11. The summed E-state index contributed by atoms with van der Waals surface area (Å²) in [6.07, 6.45) is 0. The van der Waals surface area contributed by atoms with Gasteiger partial charge in [0.05, 0.1) is 5.69 Å². The summed E-state index contributed by atoms with van der Waals surface area (Å²) in [4.78, 5) is 2.50. The lowest BCUT2D eigenvalue weighted by atomic mass is 9.81. The Morgan fingerprint density at radius 2 is 1.05 bits per heavy atom. The van der Waals surface area contributed by atoms with Crippen molar-refractivity contribution in [1.29, 1.82) is 0 Å². The first-order valence-electron chi connectivity index (χ1n) is 19.1. The minimum atomic E-state index is -0.169. The number of nitrogens with zero attached hydrogens (tertiary/aromatic N) is 1. The molecule has 0 bridgehead atoms. The van der Waals surface area contributed by atoms with Gasteiger partial charge < -0.3 is 4.90 Å². The molecule has 1 aliphatic rings. The molecule has 1 heterocycles. The second-order valence-electron chi connectivity index (χ2n) is 15.3. The van der Waals surface area contributed by atoms with Crippen molar-refractivity contribution >= 4 is 70.1 Å². The van der Waals surface area contributed by atoms with Gasteiger partial charge in [0.25, 0.3) is 0 Å². The highest BCUT2D eigenvalue weighted by Crippen LogP contribution is 2.54. The zero-order chi connectivity index (χ0) is 36.7. The zero-order valence-corrected chi connectivity index (χ0v) is 31.6. The second kappa shape index (κ2) is 12.3. The number of hydrogen-bond donors (Lipinski definition) is 0. The monoisotopic (exact) mass is 719 g/mol. The molecule has 1 aromatic heterocycles. The van der Waals surface area contributed by atoms with Gasteiger partial charge in [-0.15, -0.1) is 11.3 Å². The van der Waals surface area contributed by atoms with E-state index in [2.05, 4.69) is 207 Å². The molecule has 0 saturated carbocycles. The molecule has 0 fully saturated rings. The highest BCUT2D eigenvalue weighted by atomic mass is 32.1. The van der Waals surface area contributed by atoms with Crippen molar-refractivity contribution in [2.75, 3.05) is 4.90 Å². The number of anilines is 3. The van der Waals surface area contributed by atoms with Crippen molar-refractivity contribution in [1.82, 2.24) is 0 Å². The highest BCUT2D eigenvalue weighted by Gasteiger charge is 2.38. The van der Waals surface area contributed by atoms with Crippen molar-refractivity contribution in [2.24, 2.45) is 0 Å². The van der Waals surface area contributed by atoms with E-state index in [0.717, 1.165) is 11.4 Å². The maximum Gasteiger partial charge on any atom is 0.0508 e. The van der Waals surface area contributed by atoms with Crippen LogP contribution in [-0.2, 0) is 5.41 Å². The van der Waals surface area contributed by atoms with Crippen LogP contribution < -0.4 is 4.90 Å². The van der Waals surface area contributed by atoms with Crippen LogP contribution >= 0.6 is 11.3 Å². The SMILES string of the molecule is CC1(C)c2ccccc2-c2cccc(N(c3ccc(-c4cccc5cccc(-c6ccccc6)c45)cc3)c3ccc4c(c3)sc3ccc5ccccc5c34)c21. The molecule has 0 aliphatic heterocycles. The lowest BCUT2D eigenvalue weighted by Gasteiger charge is -2.32. The van der Waals surface area contributed by atoms with Crippen LogP contribution in [0.1, 0.15) is 25.0 Å². The van der Waals surface area contributed by atoms with Gasteiger partial charge in [-0.3, -0.25) is 0 Å². The van der Waals surface area contributed by atoms with E-state index in [1.807, 2.05) is 11.3 Å². The van der Waals surface area contributed by atoms with E-state index in [4.69, 9.17) is 0 Å². The first-order valence-corrected chi connectivity index (χ1v) is 19.9. The van der Waals surface area contributed by atoms with Crippen molar-refractivity contribution in [3.63, 3.8) is 0 Å². The average molecular weight is 720 g/mol. The van der Waals surface area contributed by atoms with Crippen molar-refractivity contribution in [3.05, 3.63) is 199 Å². The van der Waals surface area contributed by atoms with Crippen LogP contribution in [-0.4, -0.2) is 0 Å². The lowest BCUT2D eigenvalue weighted by molar-refractivity contribution is 0.661. The van der Waals surface area contributed by atoms with Crippen LogP contribution in [0.3, 0.4) is 0 Å². The van der Waals surface area contributed by atoms with Crippen molar-refractivity contribution in [3.8, 4) is 33.4 Å². The number of rotatable bonds is 5. The van der Waals surface area contributed by atoms with Gasteiger partial charge in [0.2, 0.25) is 0 Å². The Bertz CT molecular complexity index is 3110. The first kappa shape index (κ1) is 32.0. The normalized spacial score (nSPS) is 13.1. The number of hydrogen-bond acceptors (Lipinski definition) is 2. The minimum absolute atomic E-state index is 0.169. The van der Waals surface area contributed by atoms with Crippen molar-refractivity contribution in [2.45, 2.75) is 19.3 Å². The van der Waals surface area contributed by atoms with Crippen LogP contribution in [0.15, 0.2) is 188 Å². The van der Waals surface area contributed by atoms with E-state index >= 15 is 0 Å². The fraction of sp³-hybridized carbons (Fsp3) is 0.0566. The molecular formula is C53H37NS. The molecule has 1 aliphatic carbocycles. The number of thiophene rings is 1. The molecular weight excluding hydrogens is 683 g/mol. The maximum atomic E-state index is 2.50. The van der Waals surface area contributed by atoms with E-state index in [1.54, 1.807) is 0 Å². The molecule has 260 valence electrons. The molecule has 11 rings (SSSR count). The summed E-state index contributed by atoms with van der Waals surface area (Å²) >= 11 is 1.89. The summed E-state index contributed by atoms with van der Waals surface area (Å²) in [5, 5.41) is 7.79. The number of fused-ring (bicyclic) bond motifs is 9. The summed E-state index contributed by atoms with van der Waals surface area (Å²) in [5.74, 6) is 0. The van der Waals surface area contributed by atoms with E-state index in [0.29, 0.717) is 0 Å². The zero-order valence-electron chi connectivity index (χ0n) is 30.8. The molecule has 0 saturated heterocycles. The molecule has 0 amide bonds. The maximum absolute atomic E-state index is 2.50. The molecule has 0 spiro atoms. The van der Waals surface area contributed by atoms with Gasteiger partial charge in [-0.1, -0.05) is 166 Å². The Labute approximate surface area is 325 Å². The molecule has 0 radical (unpaired) electrons. The Morgan fingerprint density at radius 1 is 0.418 bits per heavy atom. The average Bonchev–Trinajstić information content (AvgIpc) is 3.73. The molecule has 10 aromatic rings. The molecule has 0 atom stereocenters. The van der Waals surface area contributed by atoms with Gasteiger partial charge in [0.15, 0.2) is 0 Å². The van der Waals surface area contributed by atoms with Crippen LogP contribution in [0.5, 0.6) is 0 Å². The van der Waals surface area contributed by atoms with Gasteiger partial charge in [0.1, 0.15) is 0 Å². The van der Waals surface area contributed by atoms with Crippen LogP contribution in [0.4, 0.5) is 17.1 Å². The Kier molecular flexibility index (Phi) is 7.14. The smallest absolute Gasteiger partial charge is 0.0508 e. The fourth-order valence-corrected chi connectivity index (χ4v) is 10.5. The fourth-order valence-electron chi connectivity index (χ4n) is 9.34. The van der Waals surface area contributed by atoms with Gasteiger partial charge >= 0.3 is 0 Å². The van der Waals surface area contributed by atoms with E-state index in [-0.39, 0.29) is 5.41 Å². The first-order chi connectivity index (χ1) is 27.0. The Morgan fingerprint density at radius 3 is 1.87 bits per heavy atom. The third-order valence-corrected chi connectivity index (χ3v) is 12.9. The molecule has 0 N–H and O–H groups in total. The largest absolute Gasteiger partial charge is 0.310 e. The van der Waals surface area contributed by atoms with Gasteiger partial charge in [-0.05, 0) is 102 Å². The summed E-state index contributed by atoms with van der Waals surface area (Å²) < 4.78 is 2.62. The van der Waals surface area contributed by atoms with Gasteiger partial charge in [-0.25, -0.2) is 0 Å². The van der Waals surface area contributed by atoms with Crippen LogP contribution in [0.25, 0.3) is 75.1 Å². The quantitative estimate of drug-likeness (QED) is 0.171. The topological polar surface area (TPSA) is 3.24 Å². The predicted molar refractivity (Wildman–Crippen MR) is 237 cm³/mol. The molecule has 0 unspecified atom stereocenters. The van der Waals surface area contributed by atoms with Crippen LogP contribution in [0, 0.1) is 0 Å². The summed E-state index contributed by atoms with van der Waals surface area (Å²) in [5.41, 5.74) is 13.7. The minimum Gasteiger partial charge on any atom is -0.310 e. The number of benzene rings is 9. The lowest BCUT2D eigenvalue weighted by Crippen LogP contribution is -2.20. The standard InChI is InChI=1S/C53H37NS/c1-53(2)46-23-9-8-19-43(46)44-22-12-24-47(52(44)53)54(39-30-31-45-49(33-39)55-48-32-27-35-15-6-7-18-42(35)51(45)48)38-28-25-36(26-29-38)41-21-11-17-37-16-10-20-40(50(37)41)34-13-4-3-5-14-34/h3-33H,1-2H3. The van der Waals surface area contributed by atoms with Gasteiger partial charge in [-0.2, -0.15) is 0 Å². The predicted octanol–water partition coefficient (Wildman–Crippen LogP) is 15.5. The Hall–Kier alpha value is -6.48. The summed E-state index contributed by atoms with van der Waals surface area (Å²) in [7, 11) is 0. The third-order valence-electron chi connectivity index (χ3n) is 11.8. The second-order valence-corrected chi connectivity index (χ2v) is 16.4. The third kappa shape index (κ3) is 4.92. The molecule has 9 aromatic carbocycles. The molecule has 1 nitrogen and oxygen atoms in total. The molecule has 55 heavy (non-hydrogen) atoms. The van der Waals surface area contributed by atoms with Crippen molar-refractivity contribution < 1.29 is 0 Å².